The van der Waals surface area contributed by atoms with Crippen LogP contribution in [0, 0.1) is 40.9 Å². The summed E-state index contributed by atoms with van der Waals surface area (Å²) in [5.74, 6) is 9.66. The van der Waals surface area contributed by atoms with Crippen molar-refractivity contribution in [1.82, 2.24) is 4.90 Å². The lowest BCUT2D eigenvalue weighted by Gasteiger charge is -2.37. The van der Waals surface area contributed by atoms with Gasteiger partial charge in [0.15, 0.2) is 0 Å². The van der Waals surface area contributed by atoms with Gasteiger partial charge in [0.1, 0.15) is 12.4 Å². The van der Waals surface area contributed by atoms with E-state index in [-0.39, 0.29) is 0 Å². The molecule has 0 N–H and O–H groups in total. The van der Waals surface area contributed by atoms with Crippen LogP contribution in [0.15, 0.2) is 24.3 Å². The van der Waals surface area contributed by atoms with Gasteiger partial charge in [-0.05, 0) is 61.8 Å². The van der Waals surface area contributed by atoms with E-state index < -0.39 is 0 Å². The molecule has 1 aromatic rings. The Morgan fingerprint density at radius 3 is 2.48 bits per heavy atom. The summed E-state index contributed by atoms with van der Waals surface area (Å²) >= 11 is 0. The maximum atomic E-state index is 8.80. The van der Waals surface area contributed by atoms with Gasteiger partial charge in [-0.1, -0.05) is 0 Å². The van der Waals surface area contributed by atoms with Crippen LogP contribution in [-0.2, 0) is 0 Å². The molecule has 0 amide bonds. The van der Waals surface area contributed by atoms with E-state index in [1.165, 1.54) is 25.9 Å². The average molecular weight is 308 g/mol. The number of rotatable bonds is 5. The summed E-state index contributed by atoms with van der Waals surface area (Å²) in [7, 11) is 0. The first-order valence-corrected chi connectivity index (χ1v) is 8.55. The van der Waals surface area contributed by atoms with Crippen molar-refractivity contribution in [2.24, 2.45) is 17.8 Å². The second kappa shape index (κ2) is 7.53. The molecule has 0 spiro atoms. The summed E-state index contributed by atoms with van der Waals surface area (Å²) in [6.07, 6.45) is 3.82. The first kappa shape index (κ1) is 15.9. The molecule has 1 aromatic carbocycles. The van der Waals surface area contributed by atoms with E-state index >= 15 is 0 Å². The van der Waals surface area contributed by atoms with Gasteiger partial charge in [-0.3, -0.25) is 4.90 Å². The van der Waals surface area contributed by atoms with Crippen molar-refractivity contribution in [3.63, 3.8) is 0 Å². The SMILES string of the molecule is CC#CCC1C2CCC1CN(CCOc1ccc(C#N)cc1)C2. The Hall–Kier alpha value is -1.97. The lowest BCUT2D eigenvalue weighted by Crippen LogP contribution is -2.43. The minimum absolute atomic E-state index is 0.672. The van der Waals surface area contributed by atoms with Crippen molar-refractivity contribution in [2.75, 3.05) is 26.2 Å². The normalized spacial score (nSPS) is 26.2. The van der Waals surface area contributed by atoms with E-state index in [0.717, 1.165) is 36.5 Å². The third kappa shape index (κ3) is 3.87. The number of fused-ring (bicyclic) bond motifs is 2. The number of hydrogen-bond acceptors (Lipinski definition) is 3. The fourth-order valence-corrected chi connectivity index (χ4v) is 4.09. The van der Waals surface area contributed by atoms with Crippen LogP contribution in [0.3, 0.4) is 0 Å². The van der Waals surface area contributed by atoms with Crippen LogP contribution in [0.4, 0.5) is 0 Å². The van der Waals surface area contributed by atoms with Crippen LogP contribution in [0.2, 0.25) is 0 Å². The Kier molecular flexibility index (Phi) is 5.21. The Labute approximate surface area is 139 Å². The van der Waals surface area contributed by atoms with Crippen molar-refractivity contribution >= 4 is 0 Å². The number of nitriles is 1. The molecule has 1 heterocycles. The monoisotopic (exact) mass is 308 g/mol. The van der Waals surface area contributed by atoms with E-state index in [0.29, 0.717) is 12.2 Å². The van der Waals surface area contributed by atoms with Crippen molar-refractivity contribution < 1.29 is 4.74 Å². The minimum atomic E-state index is 0.672. The Morgan fingerprint density at radius 1 is 1.17 bits per heavy atom. The van der Waals surface area contributed by atoms with Gasteiger partial charge in [0.05, 0.1) is 11.6 Å². The number of benzene rings is 1. The zero-order chi connectivity index (χ0) is 16.1. The number of nitrogens with zero attached hydrogens (tertiary/aromatic N) is 2. The summed E-state index contributed by atoms with van der Waals surface area (Å²) in [4.78, 5) is 2.56. The van der Waals surface area contributed by atoms with Gasteiger partial charge in [0, 0.05) is 26.1 Å². The van der Waals surface area contributed by atoms with Crippen LogP contribution in [0.1, 0.15) is 31.7 Å². The fraction of sp³-hybridized carbons (Fsp3) is 0.550. The quantitative estimate of drug-likeness (QED) is 0.783. The molecule has 3 heteroatoms. The third-order valence-electron chi connectivity index (χ3n) is 5.28. The molecule has 2 atom stereocenters. The molecule has 1 saturated carbocycles. The fourth-order valence-electron chi connectivity index (χ4n) is 4.09. The van der Waals surface area contributed by atoms with Crippen LogP contribution in [0.5, 0.6) is 5.75 Å². The lowest BCUT2D eigenvalue weighted by atomic mass is 9.83. The molecule has 1 saturated heterocycles. The standard InChI is InChI=1S/C20H24N2O/c1-2-3-4-20-17-7-8-18(20)15-22(14-17)11-12-23-19-9-5-16(13-21)6-10-19/h5-6,9-10,17-18,20H,4,7-8,11-12,14-15H2,1H3. The largest absolute Gasteiger partial charge is 0.492 e. The maximum Gasteiger partial charge on any atom is 0.119 e. The van der Waals surface area contributed by atoms with Crippen molar-refractivity contribution in [3.05, 3.63) is 29.8 Å². The third-order valence-corrected chi connectivity index (χ3v) is 5.28. The summed E-state index contributed by atoms with van der Waals surface area (Å²) in [6.45, 7) is 6.04. The van der Waals surface area contributed by atoms with Crippen LogP contribution in [0.25, 0.3) is 0 Å². The molecular weight excluding hydrogens is 284 g/mol. The second-order valence-electron chi connectivity index (χ2n) is 6.64. The molecule has 1 aliphatic heterocycles. The van der Waals surface area contributed by atoms with E-state index in [1.807, 2.05) is 19.1 Å². The van der Waals surface area contributed by atoms with Gasteiger partial charge in [0.2, 0.25) is 0 Å². The topological polar surface area (TPSA) is 36.3 Å². The molecule has 0 radical (unpaired) electrons. The average Bonchev–Trinajstić information content (AvgIpc) is 2.82. The Bertz CT molecular complexity index is 606. The minimum Gasteiger partial charge on any atom is -0.492 e. The number of piperidine rings is 1. The maximum absolute atomic E-state index is 8.80. The van der Waals surface area contributed by atoms with Crippen molar-refractivity contribution in [2.45, 2.75) is 26.2 Å². The number of likely N-dealkylation sites (tertiary alicyclic amines) is 1. The summed E-state index contributed by atoms with van der Waals surface area (Å²) in [6, 6.07) is 9.47. The highest BCUT2D eigenvalue weighted by molar-refractivity contribution is 5.34. The molecule has 3 nitrogen and oxygen atoms in total. The predicted molar refractivity (Wildman–Crippen MR) is 90.9 cm³/mol. The van der Waals surface area contributed by atoms with Gasteiger partial charge >= 0.3 is 0 Å². The molecule has 2 unspecified atom stereocenters. The Morgan fingerprint density at radius 2 is 1.87 bits per heavy atom. The Balaban J connectivity index is 1.45. The van der Waals surface area contributed by atoms with Crippen LogP contribution >= 0.6 is 0 Å². The van der Waals surface area contributed by atoms with Gasteiger partial charge in [0.25, 0.3) is 0 Å². The predicted octanol–water partition coefficient (Wildman–Crippen LogP) is 3.31. The van der Waals surface area contributed by atoms with E-state index in [2.05, 4.69) is 22.8 Å². The van der Waals surface area contributed by atoms with E-state index in [9.17, 15) is 0 Å². The smallest absolute Gasteiger partial charge is 0.119 e. The highest BCUT2D eigenvalue weighted by Gasteiger charge is 2.41. The molecule has 3 rings (SSSR count). The molecule has 2 fully saturated rings. The molecule has 23 heavy (non-hydrogen) atoms. The first-order valence-electron chi connectivity index (χ1n) is 8.55. The first-order chi connectivity index (χ1) is 11.3. The number of hydrogen-bond donors (Lipinski definition) is 0. The van der Waals surface area contributed by atoms with E-state index in [4.69, 9.17) is 10.00 Å². The second-order valence-corrected chi connectivity index (χ2v) is 6.64. The molecule has 120 valence electrons. The van der Waals surface area contributed by atoms with Gasteiger partial charge < -0.3 is 4.74 Å². The number of ether oxygens (including phenoxy) is 1. The summed E-state index contributed by atoms with van der Waals surface area (Å²) in [5.41, 5.74) is 0.672. The van der Waals surface area contributed by atoms with Crippen LogP contribution in [-0.4, -0.2) is 31.1 Å². The van der Waals surface area contributed by atoms with Crippen LogP contribution < -0.4 is 4.74 Å². The van der Waals surface area contributed by atoms with Crippen molar-refractivity contribution in [3.8, 4) is 23.7 Å². The van der Waals surface area contributed by atoms with Crippen molar-refractivity contribution in [1.29, 1.82) is 5.26 Å². The summed E-state index contributed by atoms with van der Waals surface area (Å²) < 4.78 is 5.82. The zero-order valence-corrected chi connectivity index (χ0v) is 13.8. The van der Waals surface area contributed by atoms with Gasteiger partial charge in [-0.15, -0.1) is 11.8 Å². The molecule has 0 aromatic heterocycles. The zero-order valence-electron chi connectivity index (χ0n) is 13.8. The molecule has 2 aliphatic rings. The lowest BCUT2D eigenvalue weighted by molar-refractivity contribution is 0.0969. The highest BCUT2D eigenvalue weighted by Crippen LogP contribution is 2.43. The summed E-state index contributed by atoms with van der Waals surface area (Å²) in [5, 5.41) is 8.80. The van der Waals surface area contributed by atoms with Gasteiger partial charge in [-0.25, -0.2) is 0 Å². The van der Waals surface area contributed by atoms with E-state index in [1.54, 1.807) is 12.1 Å². The molecule has 1 aliphatic carbocycles. The van der Waals surface area contributed by atoms with Gasteiger partial charge in [-0.2, -0.15) is 5.26 Å². The highest BCUT2D eigenvalue weighted by atomic mass is 16.5. The molecular formula is C20H24N2O. The molecule has 2 bridgehead atoms.